The van der Waals surface area contributed by atoms with E-state index >= 15 is 0 Å². The summed E-state index contributed by atoms with van der Waals surface area (Å²) < 4.78 is 27.4. The number of carbonyl (C=O) groups is 1. The molecule has 1 aromatic carbocycles. The highest BCUT2D eigenvalue weighted by atomic mass is 79.9. The molecular formula is C13H18BrNO5S. The van der Waals surface area contributed by atoms with Crippen molar-refractivity contribution >= 4 is 31.9 Å². The first kappa shape index (κ1) is 18.1. The molecule has 0 aliphatic heterocycles. The molecule has 6 nitrogen and oxygen atoms in total. The highest BCUT2D eigenvalue weighted by Gasteiger charge is 2.24. The van der Waals surface area contributed by atoms with Gasteiger partial charge in [-0.2, -0.15) is 0 Å². The number of aliphatic hydroxyl groups is 1. The molecule has 1 aromatic rings. The fourth-order valence-electron chi connectivity index (χ4n) is 1.78. The Labute approximate surface area is 132 Å². The fourth-order valence-corrected chi connectivity index (χ4v) is 4.28. The normalized spacial score (nSPS) is 13.4. The monoisotopic (exact) mass is 379 g/mol. The van der Waals surface area contributed by atoms with Crippen molar-refractivity contribution in [3.05, 3.63) is 28.2 Å². The van der Waals surface area contributed by atoms with Gasteiger partial charge in [-0.25, -0.2) is 17.9 Å². The van der Waals surface area contributed by atoms with E-state index in [4.69, 9.17) is 10.2 Å². The lowest BCUT2D eigenvalue weighted by atomic mass is 10.0. The maximum absolute atomic E-state index is 12.4. The van der Waals surface area contributed by atoms with Gasteiger partial charge in [-0.15, -0.1) is 0 Å². The molecule has 1 unspecified atom stereocenters. The summed E-state index contributed by atoms with van der Waals surface area (Å²) in [7, 11) is -3.80. The molecular weight excluding hydrogens is 362 g/mol. The van der Waals surface area contributed by atoms with Crippen molar-refractivity contribution in [2.24, 2.45) is 5.92 Å². The average Bonchev–Trinajstić information content (AvgIpc) is 2.37. The van der Waals surface area contributed by atoms with Crippen LogP contribution in [0.1, 0.15) is 30.6 Å². The molecule has 21 heavy (non-hydrogen) atoms. The van der Waals surface area contributed by atoms with Gasteiger partial charge in [0, 0.05) is 17.1 Å². The lowest BCUT2D eigenvalue weighted by Gasteiger charge is -2.21. The highest BCUT2D eigenvalue weighted by molar-refractivity contribution is 9.10. The van der Waals surface area contributed by atoms with Crippen molar-refractivity contribution < 1.29 is 23.4 Å². The van der Waals surface area contributed by atoms with Gasteiger partial charge >= 0.3 is 5.97 Å². The van der Waals surface area contributed by atoms with Crippen LogP contribution in [0.2, 0.25) is 0 Å². The quantitative estimate of drug-likeness (QED) is 0.670. The standard InChI is InChI=1S/C13H18BrNO5S/c1-8(2)11(5-6-16)15-21(19,20)12-4-3-9(13(17)18)7-10(12)14/h3-4,7-8,11,15-16H,5-6H2,1-2H3,(H,17,18). The van der Waals surface area contributed by atoms with E-state index in [2.05, 4.69) is 20.7 Å². The zero-order chi connectivity index (χ0) is 16.2. The van der Waals surface area contributed by atoms with Crippen LogP contribution in [0.4, 0.5) is 0 Å². The number of hydrogen-bond acceptors (Lipinski definition) is 4. The first-order valence-electron chi connectivity index (χ1n) is 6.35. The van der Waals surface area contributed by atoms with Crippen LogP contribution < -0.4 is 4.72 Å². The zero-order valence-electron chi connectivity index (χ0n) is 11.7. The van der Waals surface area contributed by atoms with Crippen LogP contribution in [-0.2, 0) is 10.0 Å². The van der Waals surface area contributed by atoms with E-state index in [1.54, 1.807) is 0 Å². The maximum atomic E-state index is 12.4. The number of rotatable bonds is 7. The maximum Gasteiger partial charge on any atom is 0.335 e. The molecule has 0 aromatic heterocycles. The highest BCUT2D eigenvalue weighted by Crippen LogP contribution is 2.24. The van der Waals surface area contributed by atoms with Gasteiger partial charge in [0.1, 0.15) is 0 Å². The Hall–Kier alpha value is -0.960. The van der Waals surface area contributed by atoms with Crippen LogP contribution in [0, 0.1) is 5.92 Å². The summed E-state index contributed by atoms with van der Waals surface area (Å²) in [6, 6.07) is 3.32. The largest absolute Gasteiger partial charge is 0.478 e. The molecule has 0 spiro atoms. The molecule has 8 heteroatoms. The van der Waals surface area contributed by atoms with E-state index < -0.39 is 22.0 Å². The number of aliphatic hydroxyl groups excluding tert-OH is 1. The second kappa shape index (κ2) is 7.35. The van der Waals surface area contributed by atoms with Gasteiger partial charge in [0.2, 0.25) is 10.0 Å². The first-order valence-corrected chi connectivity index (χ1v) is 8.62. The molecule has 3 N–H and O–H groups in total. The number of nitrogens with one attached hydrogen (secondary N) is 1. The predicted octanol–water partition coefficient (Wildman–Crippen LogP) is 1.83. The number of halogens is 1. The summed E-state index contributed by atoms with van der Waals surface area (Å²) in [5.41, 5.74) is -0.00315. The molecule has 0 amide bonds. The smallest absolute Gasteiger partial charge is 0.335 e. The average molecular weight is 380 g/mol. The van der Waals surface area contributed by atoms with E-state index in [1.807, 2.05) is 13.8 Å². The molecule has 0 radical (unpaired) electrons. The molecule has 0 aliphatic carbocycles. The van der Waals surface area contributed by atoms with Crippen molar-refractivity contribution in [1.82, 2.24) is 4.72 Å². The summed E-state index contributed by atoms with van der Waals surface area (Å²) in [4.78, 5) is 10.8. The van der Waals surface area contributed by atoms with Crippen LogP contribution in [0.3, 0.4) is 0 Å². The van der Waals surface area contributed by atoms with Crippen molar-refractivity contribution in [3.8, 4) is 0 Å². The Morgan fingerprint density at radius 1 is 1.38 bits per heavy atom. The van der Waals surface area contributed by atoms with Crippen LogP contribution in [0.15, 0.2) is 27.6 Å². The van der Waals surface area contributed by atoms with Crippen LogP contribution in [0.25, 0.3) is 0 Å². The summed E-state index contributed by atoms with van der Waals surface area (Å²) in [5, 5.41) is 17.9. The molecule has 0 fully saturated rings. The van der Waals surface area contributed by atoms with E-state index in [9.17, 15) is 13.2 Å². The summed E-state index contributed by atoms with van der Waals surface area (Å²) in [6.45, 7) is 3.58. The van der Waals surface area contributed by atoms with Gasteiger partial charge in [0.15, 0.2) is 0 Å². The van der Waals surface area contributed by atoms with Crippen LogP contribution >= 0.6 is 15.9 Å². The Morgan fingerprint density at radius 3 is 2.43 bits per heavy atom. The Morgan fingerprint density at radius 2 is 2.00 bits per heavy atom. The van der Waals surface area contributed by atoms with E-state index in [-0.39, 0.29) is 27.5 Å². The lowest BCUT2D eigenvalue weighted by molar-refractivity contribution is 0.0696. The zero-order valence-corrected chi connectivity index (χ0v) is 14.1. The van der Waals surface area contributed by atoms with Crippen LogP contribution in [-0.4, -0.2) is 37.2 Å². The molecule has 0 saturated carbocycles. The van der Waals surface area contributed by atoms with E-state index in [0.717, 1.165) is 0 Å². The van der Waals surface area contributed by atoms with Crippen molar-refractivity contribution in [3.63, 3.8) is 0 Å². The molecule has 118 valence electrons. The van der Waals surface area contributed by atoms with Gasteiger partial charge in [-0.3, -0.25) is 0 Å². The number of sulfonamides is 1. The van der Waals surface area contributed by atoms with Crippen molar-refractivity contribution in [2.75, 3.05) is 6.61 Å². The van der Waals surface area contributed by atoms with Crippen molar-refractivity contribution in [2.45, 2.75) is 31.2 Å². The summed E-state index contributed by atoms with van der Waals surface area (Å²) in [6.07, 6.45) is 0.307. The van der Waals surface area contributed by atoms with Gasteiger partial charge < -0.3 is 10.2 Å². The Kier molecular flexibility index (Phi) is 6.33. The molecule has 0 heterocycles. The van der Waals surface area contributed by atoms with Gasteiger partial charge in [0.25, 0.3) is 0 Å². The third-order valence-electron chi connectivity index (χ3n) is 3.02. The molecule has 1 rings (SSSR count). The Balaban J connectivity index is 3.10. The number of benzene rings is 1. The SMILES string of the molecule is CC(C)C(CCO)NS(=O)(=O)c1ccc(C(=O)O)cc1Br. The van der Waals surface area contributed by atoms with Crippen LogP contribution in [0.5, 0.6) is 0 Å². The van der Waals surface area contributed by atoms with E-state index in [1.165, 1.54) is 18.2 Å². The summed E-state index contributed by atoms with van der Waals surface area (Å²) >= 11 is 3.09. The summed E-state index contributed by atoms with van der Waals surface area (Å²) in [5.74, 6) is -1.11. The minimum Gasteiger partial charge on any atom is -0.478 e. The number of carboxylic acids is 1. The van der Waals surface area contributed by atoms with E-state index in [0.29, 0.717) is 6.42 Å². The lowest BCUT2D eigenvalue weighted by Crippen LogP contribution is -2.39. The van der Waals surface area contributed by atoms with Gasteiger partial charge in [0.05, 0.1) is 10.5 Å². The predicted molar refractivity (Wildman–Crippen MR) is 81.8 cm³/mol. The Bertz CT molecular complexity index is 615. The minimum absolute atomic E-state index is 0.00315. The topological polar surface area (TPSA) is 104 Å². The van der Waals surface area contributed by atoms with Gasteiger partial charge in [-0.05, 0) is 46.5 Å². The number of carboxylic acid groups (broad SMARTS) is 1. The third-order valence-corrected chi connectivity index (χ3v) is 5.49. The molecule has 0 aliphatic rings. The minimum atomic E-state index is -3.80. The molecule has 1 atom stereocenters. The van der Waals surface area contributed by atoms with Gasteiger partial charge in [-0.1, -0.05) is 13.8 Å². The molecule has 0 bridgehead atoms. The molecule has 0 saturated heterocycles. The number of aromatic carboxylic acids is 1. The number of hydrogen-bond donors (Lipinski definition) is 3. The first-order chi connectivity index (χ1) is 9.69. The fraction of sp³-hybridized carbons (Fsp3) is 0.462. The van der Waals surface area contributed by atoms with Crippen molar-refractivity contribution in [1.29, 1.82) is 0 Å². The second-order valence-corrected chi connectivity index (χ2v) is 7.47. The third kappa shape index (κ3) is 4.77. The second-order valence-electron chi connectivity index (χ2n) is 4.93.